The molecule has 0 bridgehead atoms. The molecule has 3 aliphatic heterocycles. The van der Waals surface area contributed by atoms with Gasteiger partial charge in [-0.2, -0.15) is 0 Å². The van der Waals surface area contributed by atoms with Crippen molar-refractivity contribution in [2.75, 3.05) is 19.6 Å². The summed E-state index contributed by atoms with van der Waals surface area (Å²) in [5.74, 6) is -3.68. The molecule has 18 nitrogen and oxygen atoms in total. The maximum atomic E-state index is 15.1. The van der Waals surface area contributed by atoms with Gasteiger partial charge in [0.1, 0.15) is 41.0 Å². The molecular formula is C46H53N11O7. The van der Waals surface area contributed by atoms with Gasteiger partial charge in [-0.05, 0) is 91.3 Å². The Kier molecular flexibility index (Phi) is 11.2. The zero-order valence-electron chi connectivity index (χ0n) is 35.3. The minimum Gasteiger partial charge on any atom is -0.508 e. The van der Waals surface area contributed by atoms with E-state index in [9.17, 15) is 29.1 Å². The van der Waals surface area contributed by atoms with Crippen LogP contribution in [0, 0.1) is 11.8 Å². The Labute approximate surface area is 369 Å². The second-order valence-corrected chi connectivity index (χ2v) is 17.8. The molecule has 8 atom stereocenters. The van der Waals surface area contributed by atoms with E-state index in [0.29, 0.717) is 43.2 Å². The number of hydrogen-bond acceptors (Lipinski definition) is 9. The fourth-order valence-corrected chi connectivity index (χ4v) is 10.4. The summed E-state index contributed by atoms with van der Waals surface area (Å²) in [6, 6.07) is 12.7. The number of phenols is 1. The molecule has 2 aliphatic carbocycles. The number of hydrogen-bond donors (Lipinski definition) is 8. The van der Waals surface area contributed by atoms with Crippen molar-refractivity contribution in [3.8, 4) is 5.75 Å². The molecule has 10 N–H and O–H groups in total. The third kappa shape index (κ3) is 7.96. The van der Waals surface area contributed by atoms with Crippen molar-refractivity contribution in [2.24, 2.45) is 28.3 Å². The van der Waals surface area contributed by atoms with E-state index in [1.165, 1.54) is 21.9 Å². The van der Waals surface area contributed by atoms with Crippen LogP contribution in [-0.4, -0.2) is 121 Å². The van der Waals surface area contributed by atoms with E-state index >= 15 is 4.79 Å². The SMILES string of the molecule is NC(N)=NCCC[C@@H]1NC(=O)C23C[C@H]2CCN3C(=O)[C@@H](Cc2c[nH]c3ccccc23)NC(=O)[C@H](Cc2ccc(O)cc2)NC(=O)C23C[C@H]2CCN3C(=O)[C@@H](Cc2cccnc2)NC1=O. The van der Waals surface area contributed by atoms with Crippen LogP contribution in [0.2, 0.25) is 0 Å². The molecule has 5 aliphatic rings. The van der Waals surface area contributed by atoms with E-state index in [1.807, 2.05) is 24.3 Å². The van der Waals surface area contributed by atoms with E-state index in [-0.39, 0.29) is 68.9 Å². The highest BCUT2D eigenvalue weighted by atomic mass is 16.3. The molecule has 2 aromatic carbocycles. The number of aliphatic imine (C=N–C) groups is 1. The number of pyridine rings is 1. The topological polar surface area (TPSA) is 270 Å². The van der Waals surface area contributed by atoms with Crippen molar-refractivity contribution >= 4 is 52.3 Å². The maximum absolute atomic E-state index is 15.1. The number of guanidine groups is 1. The van der Waals surface area contributed by atoms with Gasteiger partial charge in [0.15, 0.2) is 5.96 Å². The summed E-state index contributed by atoms with van der Waals surface area (Å²) < 4.78 is 0. The van der Waals surface area contributed by atoms with Gasteiger partial charge in [-0.25, -0.2) is 0 Å². The Morgan fingerprint density at radius 3 is 1.95 bits per heavy atom. The molecule has 6 amide bonds. The Bertz CT molecular complexity index is 2510. The highest BCUT2D eigenvalue weighted by Gasteiger charge is 2.70. The van der Waals surface area contributed by atoms with Gasteiger partial charge in [0, 0.05) is 68.4 Å². The summed E-state index contributed by atoms with van der Waals surface area (Å²) in [6.07, 6.45) is 7.30. The molecule has 3 saturated heterocycles. The largest absolute Gasteiger partial charge is 0.508 e. The van der Waals surface area contributed by atoms with Crippen molar-refractivity contribution in [3.05, 3.63) is 95.9 Å². The van der Waals surface area contributed by atoms with E-state index in [1.54, 1.807) is 42.9 Å². The Hall–Kier alpha value is -6.98. The van der Waals surface area contributed by atoms with Crippen molar-refractivity contribution in [3.63, 3.8) is 0 Å². The molecule has 18 heteroatoms. The fourth-order valence-electron chi connectivity index (χ4n) is 10.4. The lowest BCUT2D eigenvalue weighted by molar-refractivity contribution is -0.146. The third-order valence-electron chi connectivity index (χ3n) is 13.9. The van der Waals surface area contributed by atoms with Crippen molar-refractivity contribution in [1.82, 2.24) is 41.0 Å². The quantitative estimate of drug-likeness (QED) is 0.0613. The Morgan fingerprint density at radius 2 is 1.33 bits per heavy atom. The van der Waals surface area contributed by atoms with Gasteiger partial charge >= 0.3 is 0 Å². The number of para-hydroxylation sites is 1. The molecule has 0 radical (unpaired) electrons. The van der Waals surface area contributed by atoms with Crippen LogP contribution in [0.1, 0.15) is 55.2 Å². The number of nitrogens with one attached hydrogen (secondary N) is 5. The number of aromatic amines is 1. The number of rotatable bonds is 10. The van der Waals surface area contributed by atoms with Gasteiger partial charge in [-0.15, -0.1) is 0 Å². The number of aromatic nitrogens is 2. The predicted molar refractivity (Wildman–Crippen MR) is 234 cm³/mol. The Balaban J connectivity index is 1.11. The van der Waals surface area contributed by atoms with Crippen LogP contribution in [0.25, 0.3) is 10.9 Å². The number of H-pyrrole nitrogens is 1. The number of fused-ring (bicyclic) bond motifs is 1. The zero-order valence-corrected chi connectivity index (χ0v) is 35.3. The van der Waals surface area contributed by atoms with Gasteiger partial charge in [-0.3, -0.25) is 38.7 Å². The highest BCUT2D eigenvalue weighted by Crippen LogP contribution is 2.57. The normalized spacial score (nSPS) is 29.2. The summed E-state index contributed by atoms with van der Waals surface area (Å²) in [5.41, 5.74) is 11.5. The van der Waals surface area contributed by atoms with Crippen LogP contribution >= 0.6 is 0 Å². The summed E-state index contributed by atoms with van der Waals surface area (Å²) in [4.78, 5) is 103. The van der Waals surface area contributed by atoms with E-state index in [0.717, 1.165) is 16.5 Å². The number of aromatic hydroxyl groups is 1. The van der Waals surface area contributed by atoms with Crippen LogP contribution in [0.3, 0.4) is 0 Å². The minimum absolute atomic E-state index is 0.00291. The number of nitrogens with zero attached hydrogens (tertiary/aromatic N) is 4. The molecular weight excluding hydrogens is 819 g/mol. The number of carbonyl (C=O) groups excluding carboxylic acids is 6. The van der Waals surface area contributed by atoms with Crippen molar-refractivity contribution < 1.29 is 33.9 Å². The van der Waals surface area contributed by atoms with Gasteiger partial charge in [-0.1, -0.05) is 36.4 Å². The zero-order chi connectivity index (χ0) is 44.8. The third-order valence-corrected chi connectivity index (χ3v) is 13.9. The first-order valence-corrected chi connectivity index (χ1v) is 22.0. The first kappa shape index (κ1) is 42.3. The summed E-state index contributed by atoms with van der Waals surface area (Å²) >= 11 is 0. The molecule has 9 rings (SSSR count). The van der Waals surface area contributed by atoms with E-state index in [2.05, 4.69) is 36.2 Å². The summed E-state index contributed by atoms with van der Waals surface area (Å²) in [5, 5.41) is 22.8. The molecule has 334 valence electrons. The average molecular weight is 872 g/mol. The van der Waals surface area contributed by atoms with Crippen LogP contribution in [0.5, 0.6) is 5.75 Å². The second-order valence-electron chi connectivity index (χ2n) is 17.8. The number of phenolic OH excluding ortho intramolecular Hbond substituents is 1. The number of benzene rings is 2. The van der Waals surface area contributed by atoms with Gasteiger partial charge in [0.05, 0.1) is 0 Å². The smallest absolute Gasteiger partial charge is 0.246 e. The predicted octanol–water partition coefficient (Wildman–Crippen LogP) is 0.285. The average Bonchev–Trinajstić information content (AvgIpc) is 4.04. The Morgan fingerprint density at radius 1 is 0.719 bits per heavy atom. The molecule has 2 saturated carbocycles. The lowest BCUT2D eigenvalue weighted by atomic mass is 9.99. The van der Waals surface area contributed by atoms with Gasteiger partial charge in [0.2, 0.25) is 35.4 Å². The maximum Gasteiger partial charge on any atom is 0.246 e. The molecule has 5 heterocycles. The lowest BCUT2D eigenvalue weighted by Gasteiger charge is -2.35. The summed E-state index contributed by atoms with van der Waals surface area (Å²) in [7, 11) is 0. The van der Waals surface area contributed by atoms with Crippen molar-refractivity contribution in [2.45, 2.75) is 93.0 Å². The van der Waals surface area contributed by atoms with Gasteiger partial charge in [0.25, 0.3) is 0 Å². The molecule has 4 aromatic rings. The molecule has 5 fully saturated rings. The first-order chi connectivity index (χ1) is 30.9. The monoisotopic (exact) mass is 871 g/mol. The van der Waals surface area contributed by atoms with Crippen LogP contribution in [-0.2, 0) is 48.0 Å². The van der Waals surface area contributed by atoms with Gasteiger partial charge < -0.3 is 52.6 Å². The molecule has 2 unspecified atom stereocenters. The number of nitrogens with two attached hydrogens (primary N) is 2. The first-order valence-electron chi connectivity index (χ1n) is 22.0. The van der Waals surface area contributed by atoms with Crippen molar-refractivity contribution in [1.29, 1.82) is 0 Å². The van der Waals surface area contributed by atoms with E-state index < -0.39 is 70.7 Å². The number of carbonyl (C=O) groups is 6. The molecule has 64 heavy (non-hydrogen) atoms. The number of piperidine rings is 2. The molecule has 2 spiro atoms. The fraction of sp³-hybridized carbons (Fsp3) is 0.435. The summed E-state index contributed by atoms with van der Waals surface area (Å²) in [6.45, 7) is 0.659. The van der Waals surface area contributed by atoms with Crippen LogP contribution in [0.4, 0.5) is 0 Å². The van der Waals surface area contributed by atoms with E-state index in [4.69, 9.17) is 11.5 Å². The van der Waals surface area contributed by atoms with Crippen LogP contribution < -0.4 is 32.7 Å². The minimum atomic E-state index is -1.29. The molecule has 2 aromatic heterocycles. The standard InChI is InChI=1S/C46H53N11O7/c47-44(48)50-16-4-8-34-38(59)52-36(20-27-5-3-15-49-24-27)40(61)56-17-13-30-23-46(30,56)43(64)55-35(19-26-9-11-31(58)12-10-26)39(60)53-37(21-28-25-51-33-7-2-1-6-32(28)33)41(62)57-18-14-29-22-45(29,57)42(63)54-34/h1-3,5-7,9-12,15,24-25,29-30,34-37,51,58H,4,8,13-14,16-23H2,(H,52,59)(H,53,60)(H,54,63)(H,55,64)(H4,47,48,50)/t29-,30-,34+,35+,36-,37-,45?,46?/m1/s1. The number of amides is 6. The highest BCUT2D eigenvalue weighted by molar-refractivity contribution is 6.03. The lowest BCUT2D eigenvalue weighted by Crippen LogP contribution is -2.63. The van der Waals surface area contributed by atoms with Crippen LogP contribution in [0.15, 0.2) is 84.2 Å². The second kappa shape index (κ2) is 17.0.